The van der Waals surface area contributed by atoms with Gasteiger partial charge in [-0.2, -0.15) is 4.57 Å². The van der Waals surface area contributed by atoms with Crippen LogP contribution < -0.4 is 9.30 Å². The molecule has 0 aliphatic carbocycles. The molecule has 1 atom stereocenters. The average molecular weight is 288 g/mol. The molecular weight excluding hydrogens is 270 g/mol. The number of rotatable bonds is 5. The molecule has 0 saturated heterocycles. The molecule has 5 nitrogen and oxygen atoms in total. The Balaban J connectivity index is 2.26. The standard InChI is InChI=1S/C16H17NO4/c1-11-15(21-10-13-6-4-3-5-7-13)14(18)8-9-17(11)12(2)16(19)20/h3-9,12H,10H2,1-2H3,(H,19,20)/p+1. The van der Waals surface area contributed by atoms with E-state index in [0.29, 0.717) is 18.1 Å². The molecule has 21 heavy (non-hydrogen) atoms. The van der Waals surface area contributed by atoms with Crippen LogP contribution in [0.15, 0.2) is 42.6 Å². The van der Waals surface area contributed by atoms with E-state index in [1.165, 1.54) is 6.07 Å². The largest absolute Gasteiger partial charge is 0.504 e. The van der Waals surface area contributed by atoms with Crippen LogP contribution in [0.3, 0.4) is 0 Å². The van der Waals surface area contributed by atoms with E-state index >= 15 is 0 Å². The van der Waals surface area contributed by atoms with Gasteiger partial charge in [-0.25, -0.2) is 4.79 Å². The van der Waals surface area contributed by atoms with E-state index in [1.54, 1.807) is 24.6 Å². The zero-order valence-electron chi connectivity index (χ0n) is 12.0. The van der Waals surface area contributed by atoms with Crippen LogP contribution in [0.4, 0.5) is 0 Å². The minimum Gasteiger partial charge on any atom is -0.504 e. The van der Waals surface area contributed by atoms with Crippen molar-refractivity contribution < 1.29 is 24.3 Å². The molecule has 0 fully saturated rings. The highest BCUT2D eigenvalue weighted by molar-refractivity contribution is 5.69. The topological polar surface area (TPSA) is 70.6 Å². The molecule has 0 spiro atoms. The van der Waals surface area contributed by atoms with E-state index in [2.05, 4.69) is 0 Å². The van der Waals surface area contributed by atoms with Gasteiger partial charge in [-0.05, 0) is 5.56 Å². The van der Waals surface area contributed by atoms with Crippen LogP contribution >= 0.6 is 0 Å². The van der Waals surface area contributed by atoms with Gasteiger partial charge in [0.05, 0.1) is 0 Å². The van der Waals surface area contributed by atoms with E-state index in [0.717, 1.165) is 5.56 Å². The van der Waals surface area contributed by atoms with Crippen LogP contribution in [0.5, 0.6) is 11.5 Å². The van der Waals surface area contributed by atoms with E-state index in [9.17, 15) is 9.90 Å². The zero-order chi connectivity index (χ0) is 15.4. The fourth-order valence-electron chi connectivity index (χ4n) is 2.09. The highest BCUT2D eigenvalue weighted by atomic mass is 16.5. The van der Waals surface area contributed by atoms with Crippen LogP contribution in [0, 0.1) is 6.92 Å². The summed E-state index contributed by atoms with van der Waals surface area (Å²) in [6, 6.07) is 10.3. The number of hydrogen-bond acceptors (Lipinski definition) is 3. The Hall–Kier alpha value is -2.56. The summed E-state index contributed by atoms with van der Waals surface area (Å²) in [4.78, 5) is 11.1. The molecule has 0 bridgehead atoms. The Bertz CT molecular complexity index is 640. The number of carboxylic acids is 1. The molecule has 0 aliphatic heterocycles. The molecule has 0 amide bonds. The number of nitrogens with zero attached hydrogens (tertiary/aromatic N) is 1. The summed E-state index contributed by atoms with van der Waals surface area (Å²) in [5.74, 6) is -0.644. The van der Waals surface area contributed by atoms with E-state index in [-0.39, 0.29) is 5.75 Å². The molecule has 2 aromatic rings. The lowest BCUT2D eigenvalue weighted by Crippen LogP contribution is -2.44. The summed E-state index contributed by atoms with van der Waals surface area (Å²) >= 11 is 0. The smallest absolute Gasteiger partial charge is 0.373 e. The van der Waals surface area contributed by atoms with Crippen molar-refractivity contribution in [3.8, 4) is 11.5 Å². The van der Waals surface area contributed by atoms with Crippen molar-refractivity contribution >= 4 is 5.97 Å². The van der Waals surface area contributed by atoms with Gasteiger partial charge in [0.25, 0.3) is 6.04 Å². The highest BCUT2D eigenvalue weighted by Gasteiger charge is 2.27. The first-order valence-corrected chi connectivity index (χ1v) is 6.64. The molecule has 0 saturated carbocycles. The maximum Gasteiger partial charge on any atom is 0.373 e. The van der Waals surface area contributed by atoms with Gasteiger partial charge in [0, 0.05) is 19.9 Å². The van der Waals surface area contributed by atoms with Crippen LogP contribution in [0.1, 0.15) is 24.2 Å². The number of carboxylic acid groups (broad SMARTS) is 1. The van der Waals surface area contributed by atoms with Gasteiger partial charge in [0.1, 0.15) is 6.61 Å². The second-order valence-corrected chi connectivity index (χ2v) is 4.81. The van der Waals surface area contributed by atoms with Crippen molar-refractivity contribution in [2.45, 2.75) is 26.5 Å². The first-order chi connectivity index (χ1) is 10.0. The third kappa shape index (κ3) is 3.31. The maximum absolute atomic E-state index is 11.1. The SMILES string of the molecule is Cc1c(OCc2ccccc2)c(O)cc[n+]1C(C)C(=O)O. The normalized spacial score (nSPS) is 11.9. The molecule has 2 rings (SSSR count). The van der Waals surface area contributed by atoms with Crippen molar-refractivity contribution in [1.29, 1.82) is 0 Å². The van der Waals surface area contributed by atoms with Gasteiger partial charge in [-0.1, -0.05) is 30.3 Å². The molecule has 1 aromatic heterocycles. The number of hydrogen-bond donors (Lipinski definition) is 2. The predicted molar refractivity (Wildman–Crippen MR) is 76.2 cm³/mol. The third-order valence-corrected chi connectivity index (χ3v) is 3.34. The highest BCUT2D eigenvalue weighted by Crippen LogP contribution is 2.28. The van der Waals surface area contributed by atoms with Gasteiger partial charge in [-0.3, -0.25) is 0 Å². The van der Waals surface area contributed by atoms with Crippen LogP contribution in [0.25, 0.3) is 0 Å². The molecular formula is C16H18NO4+. The van der Waals surface area contributed by atoms with Gasteiger partial charge in [0.15, 0.2) is 11.9 Å². The Kier molecular flexibility index (Phi) is 4.42. The second-order valence-electron chi connectivity index (χ2n) is 4.81. The summed E-state index contributed by atoms with van der Waals surface area (Å²) in [7, 11) is 0. The van der Waals surface area contributed by atoms with Gasteiger partial charge < -0.3 is 14.9 Å². The number of ether oxygens (including phenoxy) is 1. The molecule has 1 aromatic carbocycles. The summed E-state index contributed by atoms with van der Waals surface area (Å²) in [5.41, 5.74) is 1.54. The van der Waals surface area contributed by atoms with Crippen LogP contribution in [-0.4, -0.2) is 16.2 Å². The van der Waals surface area contributed by atoms with Crippen molar-refractivity contribution in [2.24, 2.45) is 0 Å². The number of aliphatic carboxylic acids is 1. The monoisotopic (exact) mass is 288 g/mol. The van der Waals surface area contributed by atoms with Crippen LogP contribution in [0.2, 0.25) is 0 Å². The first kappa shape index (κ1) is 14.8. The predicted octanol–water partition coefficient (Wildman–Crippen LogP) is 2.21. The zero-order valence-corrected chi connectivity index (χ0v) is 12.0. The molecule has 0 aliphatic rings. The lowest BCUT2D eigenvalue weighted by Gasteiger charge is -2.12. The van der Waals surface area contributed by atoms with Crippen molar-refractivity contribution in [3.05, 3.63) is 53.9 Å². The number of aromatic hydroxyl groups is 1. The second kappa shape index (κ2) is 6.26. The first-order valence-electron chi connectivity index (χ1n) is 6.64. The molecule has 110 valence electrons. The fourth-order valence-corrected chi connectivity index (χ4v) is 2.09. The van der Waals surface area contributed by atoms with Crippen molar-refractivity contribution in [3.63, 3.8) is 0 Å². The number of carbonyl (C=O) groups is 1. The van der Waals surface area contributed by atoms with Crippen molar-refractivity contribution in [1.82, 2.24) is 0 Å². The molecule has 1 heterocycles. The van der Waals surface area contributed by atoms with Crippen LogP contribution in [-0.2, 0) is 11.4 Å². The van der Waals surface area contributed by atoms with Gasteiger partial charge >= 0.3 is 5.97 Å². The minimum atomic E-state index is -0.942. The van der Waals surface area contributed by atoms with E-state index in [4.69, 9.17) is 9.84 Å². The lowest BCUT2D eigenvalue weighted by atomic mass is 10.2. The summed E-state index contributed by atoms with van der Waals surface area (Å²) in [6.45, 7) is 3.60. The molecule has 0 radical (unpaired) electrons. The Morgan fingerprint density at radius 3 is 2.57 bits per heavy atom. The fraction of sp³-hybridized carbons (Fsp3) is 0.250. The summed E-state index contributed by atoms with van der Waals surface area (Å²) < 4.78 is 7.22. The number of pyridine rings is 1. The third-order valence-electron chi connectivity index (χ3n) is 3.34. The number of aromatic nitrogens is 1. The maximum atomic E-state index is 11.1. The summed E-state index contributed by atoms with van der Waals surface area (Å²) in [6.07, 6.45) is 1.54. The molecule has 2 N–H and O–H groups in total. The Morgan fingerprint density at radius 2 is 1.95 bits per heavy atom. The van der Waals surface area contributed by atoms with Gasteiger partial charge in [0.2, 0.25) is 11.4 Å². The van der Waals surface area contributed by atoms with E-state index in [1.807, 2.05) is 30.3 Å². The lowest BCUT2D eigenvalue weighted by molar-refractivity contribution is -0.713. The average Bonchev–Trinajstić information content (AvgIpc) is 2.47. The van der Waals surface area contributed by atoms with Crippen molar-refractivity contribution in [2.75, 3.05) is 0 Å². The van der Waals surface area contributed by atoms with E-state index < -0.39 is 12.0 Å². The Morgan fingerprint density at radius 1 is 1.29 bits per heavy atom. The molecule has 1 unspecified atom stereocenters. The van der Waals surface area contributed by atoms with Gasteiger partial charge in [-0.15, -0.1) is 0 Å². The minimum absolute atomic E-state index is 0.00253. The quantitative estimate of drug-likeness (QED) is 0.828. The number of benzene rings is 1. The Labute approximate surface area is 123 Å². The summed E-state index contributed by atoms with van der Waals surface area (Å²) in [5, 5.41) is 19.0. The molecule has 5 heteroatoms.